The smallest absolute Gasteiger partial charge is 0.125 e. The molecule has 1 rings (SSSR count). The molecule has 0 aliphatic heterocycles. The van der Waals surface area contributed by atoms with Crippen molar-refractivity contribution in [2.45, 2.75) is 39.2 Å². The van der Waals surface area contributed by atoms with Crippen LogP contribution in [0.25, 0.3) is 0 Å². The number of aromatic nitrogens is 2. The van der Waals surface area contributed by atoms with Gasteiger partial charge in [0, 0.05) is 23.9 Å². The number of rotatable bonds is 3. The molecule has 13 heavy (non-hydrogen) atoms. The third-order valence-corrected chi connectivity index (χ3v) is 2.25. The summed E-state index contributed by atoms with van der Waals surface area (Å²) >= 11 is 0. The van der Waals surface area contributed by atoms with Crippen molar-refractivity contribution in [2.75, 3.05) is 0 Å². The maximum absolute atomic E-state index is 5.87. The van der Waals surface area contributed by atoms with E-state index >= 15 is 0 Å². The lowest BCUT2D eigenvalue weighted by Gasteiger charge is -2.18. The Hall–Kier alpha value is -0.960. The fourth-order valence-corrected chi connectivity index (χ4v) is 1.53. The van der Waals surface area contributed by atoms with Crippen LogP contribution in [-0.4, -0.2) is 16.0 Å². The van der Waals surface area contributed by atoms with Gasteiger partial charge >= 0.3 is 0 Å². The van der Waals surface area contributed by atoms with Gasteiger partial charge in [-0.25, -0.2) is 9.97 Å². The molecule has 1 aromatic heterocycles. The monoisotopic (exact) mass is 179 g/mol. The summed E-state index contributed by atoms with van der Waals surface area (Å²) < 4.78 is 0. The quantitative estimate of drug-likeness (QED) is 0.767. The Morgan fingerprint density at radius 1 is 1.54 bits per heavy atom. The first-order valence-corrected chi connectivity index (χ1v) is 4.70. The second kappa shape index (κ2) is 4.33. The van der Waals surface area contributed by atoms with E-state index < -0.39 is 0 Å². The van der Waals surface area contributed by atoms with E-state index in [0.29, 0.717) is 5.92 Å². The molecule has 0 saturated carbocycles. The molecular formula is C10H17N3. The van der Waals surface area contributed by atoms with Crippen LogP contribution in [0.2, 0.25) is 0 Å². The molecule has 0 radical (unpaired) electrons. The minimum absolute atomic E-state index is 0.152. The first-order chi connectivity index (χ1) is 6.15. The lowest BCUT2D eigenvalue weighted by molar-refractivity contribution is 0.537. The molecule has 0 aliphatic carbocycles. The molecule has 0 aliphatic rings. The Morgan fingerprint density at radius 2 is 2.23 bits per heavy atom. The average molecular weight is 179 g/mol. The highest BCUT2D eigenvalue weighted by Crippen LogP contribution is 2.19. The minimum Gasteiger partial charge on any atom is -0.327 e. The molecule has 2 N–H and O–H groups in total. The lowest BCUT2D eigenvalue weighted by Crippen LogP contribution is -2.25. The van der Waals surface area contributed by atoms with Crippen LogP contribution in [0.1, 0.15) is 37.7 Å². The molecular weight excluding hydrogens is 162 g/mol. The van der Waals surface area contributed by atoms with Crippen molar-refractivity contribution < 1.29 is 0 Å². The number of nitrogens with two attached hydrogens (primary N) is 1. The van der Waals surface area contributed by atoms with Crippen LogP contribution >= 0.6 is 0 Å². The molecule has 0 fully saturated rings. The van der Waals surface area contributed by atoms with Crippen LogP contribution in [0, 0.1) is 6.92 Å². The summed E-state index contributed by atoms with van der Waals surface area (Å²) in [4.78, 5) is 8.44. The Morgan fingerprint density at radius 3 is 2.69 bits per heavy atom. The number of nitrogens with zero attached hydrogens (tertiary/aromatic N) is 2. The summed E-state index contributed by atoms with van der Waals surface area (Å²) in [6.45, 7) is 6.05. The van der Waals surface area contributed by atoms with Gasteiger partial charge < -0.3 is 5.73 Å². The van der Waals surface area contributed by atoms with E-state index in [0.717, 1.165) is 17.9 Å². The molecule has 0 spiro atoms. The third-order valence-electron chi connectivity index (χ3n) is 2.25. The van der Waals surface area contributed by atoms with Crippen molar-refractivity contribution in [2.24, 2.45) is 5.73 Å². The van der Waals surface area contributed by atoms with Crippen LogP contribution in [-0.2, 0) is 0 Å². The van der Waals surface area contributed by atoms with Crippen molar-refractivity contribution in [3.63, 3.8) is 0 Å². The third kappa shape index (κ3) is 2.49. The molecule has 2 atom stereocenters. The summed E-state index contributed by atoms with van der Waals surface area (Å²) in [5, 5.41) is 0. The Labute approximate surface area is 79.4 Å². The molecule has 1 heterocycles. The van der Waals surface area contributed by atoms with Crippen LogP contribution in [0.5, 0.6) is 0 Å². The molecule has 0 bridgehead atoms. The maximum atomic E-state index is 5.87. The molecule has 0 aromatic carbocycles. The van der Waals surface area contributed by atoms with E-state index in [-0.39, 0.29) is 6.04 Å². The molecule has 3 heteroatoms. The summed E-state index contributed by atoms with van der Waals surface area (Å²) in [5.74, 6) is 1.17. The second-order valence-electron chi connectivity index (χ2n) is 3.40. The van der Waals surface area contributed by atoms with Crippen molar-refractivity contribution in [3.05, 3.63) is 23.8 Å². The van der Waals surface area contributed by atoms with Crippen LogP contribution in [0.4, 0.5) is 0 Å². The molecule has 2 unspecified atom stereocenters. The summed E-state index contributed by atoms with van der Waals surface area (Å²) in [6, 6.07) is 2.10. The largest absolute Gasteiger partial charge is 0.327 e. The molecule has 0 saturated heterocycles. The summed E-state index contributed by atoms with van der Waals surface area (Å²) in [5.41, 5.74) is 6.93. The fourth-order valence-electron chi connectivity index (χ4n) is 1.53. The molecule has 0 amide bonds. The zero-order chi connectivity index (χ0) is 9.84. The van der Waals surface area contributed by atoms with Gasteiger partial charge in [-0.2, -0.15) is 0 Å². The summed E-state index contributed by atoms with van der Waals surface area (Å²) in [7, 11) is 0. The van der Waals surface area contributed by atoms with Crippen molar-refractivity contribution in [3.8, 4) is 0 Å². The van der Waals surface area contributed by atoms with E-state index in [2.05, 4.69) is 16.9 Å². The van der Waals surface area contributed by atoms with Gasteiger partial charge in [-0.05, 0) is 26.3 Å². The lowest BCUT2D eigenvalue weighted by atomic mass is 9.95. The van der Waals surface area contributed by atoms with Crippen LogP contribution in [0.3, 0.4) is 0 Å². The topological polar surface area (TPSA) is 51.8 Å². The fraction of sp³-hybridized carbons (Fsp3) is 0.600. The second-order valence-corrected chi connectivity index (χ2v) is 3.40. The van der Waals surface area contributed by atoms with E-state index in [1.54, 1.807) is 6.20 Å². The SMILES string of the molecule is CCC(c1ccnc(C)n1)C(C)N. The van der Waals surface area contributed by atoms with Gasteiger partial charge in [0.15, 0.2) is 0 Å². The van der Waals surface area contributed by atoms with Gasteiger partial charge in [0.2, 0.25) is 0 Å². The number of hydrogen-bond donors (Lipinski definition) is 1. The van der Waals surface area contributed by atoms with Gasteiger partial charge in [0.05, 0.1) is 0 Å². The van der Waals surface area contributed by atoms with E-state index in [1.807, 2.05) is 19.9 Å². The highest BCUT2D eigenvalue weighted by Gasteiger charge is 2.15. The maximum Gasteiger partial charge on any atom is 0.125 e. The predicted molar refractivity (Wildman–Crippen MR) is 53.5 cm³/mol. The van der Waals surface area contributed by atoms with Gasteiger partial charge in [-0.15, -0.1) is 0 Å². The Bertz CT molecular complexity index is 271. The highest BCUT2D eigenvalue weighted by atomic mass is 14.9. The minimum atomic E-state index is 0.152. The molecule has 3 nitrogen and oxygen atoms in total. The Kier molecular flexibility index (Phi) is 3.37. The Balaban J connectivity index is 2.91. The number of hydrogen-bond acceptors (Lipinski definition) is 3. The van der Waals surface area contributed by atoms with Crippen molar-refractivity contribution >= 4 is 0 Å². The van der Waals surface area contributed by atoms with Crippen LogP contribution < -0.4 is 5.73 Å². The standard InChI is InChI=1S/C10H17N3/c1-4-9(7(2)11)10-5-6-12-8(3)13-10/h5-7,9H,4,11H2,1-3H3. The van der Waals surface area contributed by atoms with Gasteiger partial charge in [0.25, 0.3) is 0 Å². The zero-order valence-electron chi connectivity index (χ0n) is 8.49. The van der Waals surface area contributed by atoms with E-state index in [1.165, 1.54) is 0 Å². The van der Waals surface area contributed by atoms with E-state index in [4.69, 9.17) is 5.73 Å². The first-order valence-electron chi connectivity index (χ1n) is 4.70. The van der Waals surface area contributed by atoms with E-state index in [9.17, 15) is 0 Å². The molecule has 1 aromatic rings. The highest BCUT2D eigenvalue weighted by molar-refractivity contribution is 5.10. The van der Waals surface area contributed by atoms with Crippen LogP contribution in [0.15, 0.2) is 12.3 Å². The van der Waals surface area contributed by atoms with Gasteiger partial charge in [0.1, 0.15) is 5.82 Å². The summed E-state index contributed by atoms with van der Waals surface area (Å²) in [6.07, 6.45) is 2.82. The zero-order valence-corrected chi connectivity index (χ0v) is 8.49. The molecule has 72 valence electrons. The van der Waals surface area contributed by atoms with Gasteiger partial charge in [-0.1, -0.05) is 6.92 Å². The first kappa shape index (κ1) is 10.1. The van der Waals surface area contributed by atoms with Gasteiger partial charge in [-0.3, -0.25) is 0 Å². The predicted octanol–water partition coefficient (Wildman–Crippen LogP) is 1.63. The van der Waals surface area contributed by atoms with Crippen molar-refractivity contribution in [1.29, 1.82) is 0 Å². The van der Waals surface area contributed by atoms with Crippen molar-refractivity contribution in [1.82, 2.24) is 9.97 Å². The number of aryl methyl sites for hydroxylation is 1. The normalized spacial score (nSPS) is 15.4. The average Bonchev–Trinajstić information content (AvgIpc) is 2.04.